The molecule has 1 unspecified atom stereocenters. The van der Waals surface area contributed by atoms with Crippen molar-refractivity contribution in [1.29, 1.82) is 0 Å². The molecule has 1 atom stereocenters. The third kappa shape index (κ3) is 3.25. The van der Waals surface area contributed by atoms with Crippen molar-refractivity contribution >= 4 is 29.7 Å². The summed E-state index contributed by atoms with van der Waals surface area (Å²) >= 11 is 1.61. The van der Waals surface area contributed by atoms with Gasteiger partial charge < -0.3 is 10.2 Å². The number of piperidine rings is 1. The molecule has 1 aromatic heterocycles. The maximum Gasteiger partial charge on any atom is 0.263 e. The average molecular weight is 289 g/mol. The Bertz CT molecular complexity index is 400. The maximum absolute atomic E-state index is 12.3. The van der Waals surface area contributed by atoms with E-state index in [2.05, 4.69) is 19.2 Å². The summed E-state index contributed by atoms with van der Waals surface area (Å²) in [7, 11) is 1.97. The topological polar surface area (TPSA) is 32.3 Å². The van der Waals surface area contributed by atoms with E-state index in [9.17, 15) is 4.79 Å². The number of thiophene rings is 1. The average Bonchev–Trinajstić information content (AvgIpc) is 2.69. The molecule has 1 fully saturated rings. The smallest absolute Gasteiger partial charge is 0.263 e. The summed E-state index contributed by atoms with van der Waals surface area (Å²) in [5, 5.41) is 3.27. The Hall–Kier alpha value is -0.580. The molecule has 0 aliphatic carbocycles. The highest BCUT2D eigenvalue weighted by Crippen LogP contribution is 2.23. The normalized spacial score (nSPS) is 19.5. The van der Waals surface area contributed by atoms with Gasteiger partial charge in [0.25, 0.3) is 5.91 Å². The number of amides is 1. The molecule has 0 radical (unpaired) electrons. The van der Waals surface area contributed by atoms with Crippen LogP contribution in [0.3, 0.4) is 0 Å². The van der Waals surface area contributed by atoms with Crippen molar-refractivity contribution in [2.45, 2.75) is 32.7 Å². The van der Waals surface area contributed by atoms with Crippen molar-refractivity contribution in [3.63, 3.8) is 0 Å². The zero-order chi connectivity index (χ0) is 12.4. The van der Waals surface area contributed by atoms with E-state index in [-0.39, 0.29) is 18.3 Å². The van der Waals surface area contributed by atoms with Gasteiger partial charge in [-0.25, -0.2) is 0 Å². The lowest BCUT2D eigenvalue weighted by Gasteiger charge is -2.32. The van der Waals surface area contributed by atoms with Gasteiger partial charge in [0.15, 0.2) is 0 Å². The third-order valence-corrected chi connectivity index (χ3v) is 4.63. The monoisotopic (exact) mass is 288 g/mol. The lowest BCUT2D eigenvalue weighted by atomic mass is 10.1. The van der Waals surface area contributed by atoms with E-state index in [1.807, 2.05) is 18.0 Å². The SMILES string of the molecule is CNC1CCCN(C(=O)c2cc(C)c(C)s2)C1.Cl. The maximum atomic E-state index is 12.3. The van der Waals surface area contributed by atoms with E-state index < -0.39 is 0 Å². The molecule has 5 heteroatoms. The summed E-state index contributed by atoms with van der Waals surface area (Å²) in [5.74, 6) is 0.200. The van der Waals surface area contributed by atoms with E-state index in [4.69, 9.17) is 0 Å². The molecule has 1 saturated heterocycles. The Morgan fingerprint density at radius 2 is 2.22 bits per heavy atom. The minimum atomic E-state index is 0. The second kappa shape index (κ2) is 6.55. The van der Waals surface area contributed by atoms with Crippen LogP contribution in [-0.4, -0.2) is 37.0 Å². The summed E-state index contributed by atoms with van der Waals surface area (Å²) in [6.07, 6.45) is 2.27. The number of likely N-dealkylation sites (tertiary alicyclic amines) is 1. The Morgan fingerprint density at radius 1 is 1.50 bits per heavy atom. The third-order valence-electron chi connectivity index (χ3n) is 3.49. The first-order chi connectivity index (χ1) is 8.11. The van der Waals surface area contributed by atoms with Gasteiger partial charge in [0, 0.05) is 24.0 Å². The Morgan fingerprint density at radius 3 is 2.78 bits per heavy atom. The largest absolute Gasteiger partial charge is 0.336 e. The van der Waals surface area contributed by atoms with E-state index in [1.165, 1.54) is 16.9 Å². The van der Waals surface area contributed by atoms with Crippen LogP contribution in [0.4, 0.5) is 0 Å². The molecule has 2 heterocycles. The van der Waals surface area contributed by atoms with Crippen LogP contribution < -0.4 is 5.32 Å². The van der Waals surface area contributed by atoms with Crippen molar-refractivity contribution in [1.82, 2.24) is 10.2 Å². The summed E-state index contributed by atoms with van der Waals surface area (Å²) in [5.41, 5.74) is 1.22. The molecule has 1 aliphatic heterocycles. The summed E-state index contributed by atoms with van der Waals surface area (Å²) in [4.78, 5) is 16.4. The number of hydrogen-bond acceptors (Lipinski definition) is 3. The van der Waals surface area contributed by atoms with Crippen molar-refractivity contribution in [2.75, 3.05) is 20.1 Å². The van der Waals surface area contributed by atoms with Crippen molar-refractivity contribution in [3.05, 3.63) is 21.4 Å². The van der Waals surface area contributed by atoms with Crippen LogP contribution in [0.5, 0.6) is 0 Å². The van der Waals surface area contributed by atoms with Gasteiger partial charge in [-0.2, -0.15) is 0 Å². The van der Waals surface area contributed by atoms with E-state index in [1.54, 1.807) is 11.3 Å². The number of halogens is 1. The second-order valence-electron chi connectivity index (χ2n) is 4.73. The first-order valence-electron chi connectivity index (χ1n) is 6.15. The summed E-state index contributed by atoms with van der Waals surface area (Å²) in [6, 6.07) is 2.47. The van der Waals surface area contributed by atoms with Gasteiger partial charge in [0.1, 0.15) is 0 Å². The van der Waals surface area contributed by atoms with Crippen molar-refractivity contribution in [3.8, 4) is 0 Å². The van der Waals surface area contributed by atoms with Crippen LogP contribution in [0.15, 0.2) is 6.07 Å². The van der Waals surface area contributed by atoms with Crippen LogP contribution in [0, 0.1) is 13.8 Å². The van der Waals surface area contributed by atoms with Gasteiger partial charge in [-0.15, -0.1) is 23.7 Å². The van der Waals surface area contributed by atoms with E-state index >= 15 is 0 Å². The first kappa shape index (κ1) is 15.5. The first-order valence-corrected chi connectivity index (χ1v) is 6.97. The number of carbonyl (C=O) groups excluding carboxylic acids is 1. The number of aryl methyl sites for hydroxylation is 2. The Kier molecular flexibility index (Phi) is 5.63. The van der Waals surface area contributed by atoms with Gasteiger partial charge in [-0.05, 0) is 45.4 Å². The molecule has 1 amide bonds. The molecule has 0 saturated carbocycles. The molecule has 0 spiro atoms. The highest BCUT2D eigenvalue weighted by molar-refractivity contribution is 7.14. The molecule has 102 valence electrons. The molecule has 1 aliphatic rings. The minimum Gasteiger partial charge on any atom is -0.336 e. The van der Waals surface area contributed by atoms with E-state index in [0.717, 1.165) is 24.4 Å². The van der Waals surface area contributed by atoms with Gasteiger partial charge in [-0.1, -0.05) is 0 Å². The Labute approximate surface area is 119 Å². The molecule has 0 bridgehead atoms. The lowest BCUT2D eigenvalue weighted by molar-refractivity contribution is 0.0703. The van der Waals surface area contributed by atoms with E-state index in [0.29, 0.717) is 6.04 Å². The molecular weight excluding hydrogens is 268 g/mol. The molecule has 3 nitrogen and oxygen atoms in total. The van der Waals surface area contributed by atoms with Crippen LogP contribution in [-0.2, 0) is 0 Å². The minimum absolute atomic E-state index is 0. The highest BCUT2D eigenvalue weighted by atomic mass is 35.5. The highest BCUT2D eigenvalue weighted by Gasteiger charge is 2.24. The Balaban J connectivity index is 0.00000162. The standard InChI is InChI=1S/C13H20N2OS.ClH/c1-9-7-12(17-10(9)2)13(16)15-6-4-5-11(8-15)14-3;/h7,11,14H,4-6,8H2,1-3H3;1H. The van der Waals surface area contributed by atoms with Crippen LogP contribution in [0.25, 0.3) is 0 Å². The molecule has 2 rings (SSSR count). The zero-order valence-electron chi connectivity index (χ0n) is 11.2. The quantitative estimate of drug-likeness (QED) is 0.907. The fourth-order valence-corrected chi connectivity index (χ4v) is 3.23. The number of carbonyl (C=O) groups is 1. The zero-order valence-corrected chi connectivity index (χ0v) is 12.8. The summed E-state index contributed by atoms with van der Waals surface area (Å²) in [6.45, 7) is 5.87. The van der Waals surface area contributed by atoms with Crippen molar-refractivity contribution in [2.24, 2.45) is 0 Å². The molecule has 1 aromatic rings. The molecule has 18 heavy (non-hydrogen) atoms. The van der Waals surface area contributed by atoms with Crippen molar-refractivity contribution < 1.29 is 4.79 Å². The fraction of sp³-hybridized carbons (Fsp3) is 0.615. The van der Waals surface area contributed by atoms with Crippen LogP contribution >= 0.6 is 23.7 Å². The molecular formula is C13H21ClN2OS. The number of nitrogens with zero attached hydrogens (tertiary/aromatic N) is 1. The number of nitrogens with one attached hydrogen (secondary N) is 1. The van der Waals surface area contributed by atoms with Gasteiger partial charge >= 0.3 is 0 Å². The fourth-order valence-electron chi connectivity index (χ4n) is 2.23. The number of hydrogen-bond donors (Lipinski definition) is 1. The van der Waals surface area contributed by atoms with Crippen LogP contribution in [0.1, 0.15) is 33.0 Å². The number of rotatable bonds is 2. The molecule has 1 N–H and O–H groups in total. The predicted molar refractivity (Wildman–Crippen MR) is 79.0 cm³/mol. The lowest BCUT2D eigenvalue weighted by Crippen LogP contribution is -2.46. The number of likely N-dealkylation sites (N-methyl/N-ethyl adjacent to an activating group) is 1. The van der Waals surface area contributed by atoms with Gasteiger partial charge in [0.2, 0.25) is 0 Å². The van der Waals surface area contributed by atoms with Gasteiger partial charge in [-0.3, -0.25) is 4.79 Å². The summed E-state index contributed by atoms with van der Waals surface area (Å²) < 4.78 is 0. The van der Waals surface area contributed by atoms with Crippen LogP contribution in [0.2, 0.25) is 0 Å². The molecule has 0 aromatic carbocycles. The second-order valence-corrected chi connectivity index (χ2v) is 5.99. The van der Waals surface area contributed by atoms with Gasteiger partial charge in [0.05, 0.1) is 4.88 Å². The predicted octanol–water partition coefficient (Wildman–Crippen LogP) is 2.61.